The number of carbonyl (C=O) groups excluding carboxylic acids is 1. The third-order valence-electron chi connectivity index (χ3n) is 3.89. The van der Waals surface area contributed by atoms with E-state index in [1.54, 1.807) is 11.6 Å². The number of rotatable bonds is 6. The summed E-state index contributed by atoms with van der Waals surface area (Å²) in [7, 11) is -3.78. The minimum atomic E-state index is -3.78. The Bertz CT molecular complexity index is 1100. The molecule has 3 N–H and O–H groups in total. The van der Waals surface area contributed by atoms with Crippen molar-refractivity contribution in [2.75, 3.05) is 5.32 Å². The highest BCUT2D eigenvalue weighted by molar-refractivity contribution is 8.00. The van der Waals surface area contributed by atoms with Gasteiger partial charge in [-0.25, -0.2) is 13.6 Å². The van der Waals surface area contributed by atoms with Crippen molar-refractivity contribution in [2.24, 2.45) is 5.14 Å². The number of benzene rings is 2. The van der Waals surface area contributed by atoms with Crippen LogP contribution in [-0.2, 0) is 14.8 Å². The number of anilines is 1. The highest BCUT2D eigenvalue weighted by atomic mass is 32.2. The first-order valence-corrected chi connectivity index (χ1v) is 10.6. The molecule has 1 heterocycles. The number of nitrogens with zero attached hydrogens (tertiary/aromatic N) is 4. The molecule has 2 aromatic carbocycles. The lowest BCUT2D eigenvalue weighted by Gasteiger charge is -2.12. The van der Waals surface area contributed by atoms with Crippen molar-refractivity contribution in [1.82, 2.24) is 20.2 Å². The van der Waals surface area contributed by atoms with Gasteiger partial charge in [-0.1, -0.05) is 30.0 Å². The maximum absolute atomic E-state index is 12.5. The number of thioether (sulfide) groups is 1. The summed E-state index contributed by atoms with van der Waals surface area (Å²) in [5.41, 5.74) is 2.30. The number of hydrogen-bond acceptors (Lipinski definition) is 7. The first kappa shape index (κ1) is 20.0. The summed E-state index contributed by atoms with van der Waals surface area (Å²) in [5.74, 6) is -0.271. The van der Waals surface area contributed by atoms with E-state index in [9.17, 15) is 13.2 Å². The van der Waals surface area contributed by atoms with Crippen LogP contribution >= 0.6 is 11.8 Å². The number of hydrogen-bond donors (Lipinski definition) is 2. The molecule has 0 aliphatic carbocycles. The molecule has 11 heteroatoms. The van der Waals surface area contributed by atoms with Gasteiger partial charge in [-0.2, -0.15) is 4.68 Å². The van der Waals surface area contributed by atoms with E-state index in [-0.39, 0.29) is 10.8 Å². The van der Waals surface area contributed by atoms with Crippen molar-refractivity contribution in [3.63, 3.8) is 0 Å². The van der Waals surface area contributed by atoms with Gasteiger partial charge in [0, 0.05) is 5.69 Å². The summed E-state index contributed by atoms with van der Waals surface area (Å²) >= 11 is 1.21. The van der Waals surface area contributed by atoms with Crippen LogP contribution in [0.3, 0.4) is 0 Å². The van der Waals surface area contributed by atoms with Gasteiger partial charge in [0.2, 0.25) is 21.1 Å². The van der Waals surface area contributed by atoms with E-state index in [0.717, 1.165) is 11.3 Å². The van der Waals surface area contributed by atoms with Crippen LogP contribution in [0.15, 0.2) is 58.6 Å². The number of nitrogens with two attached hydrogens (primary N) is 1. The topological polar surface area (TPSA) is 133 Å². The molecule has 0 fully saturated rings. The van der Waals surface area contributed by atoms with E-state index < -0.39 is 15.3 Å². The van der Waals surface area contributed by atoms with E-state index in [1.807, 2.05) is 31.2 Å². The number of para-hydroxylation sites is 1. The molecule has 0 aliphatic heterocycles. The zero-order chi connectivity index (χ0) is 20.3. The summed E-state index contributed by atoms with van der Waals surface area (Å²) < 4.78 is 24.2. The molecule has 0 spiro atoms. The lowest BCUT2D eigenvalue weighted by molar-refractivity contribution is -0.115. The molecular weight excluding hydrogens is 400 g/mol. The molecule has 3 rings (SSSR count). The molecule has 0 saturated heterocycles. The first-order valence-electron chi connectivity index (χ1n) is 8.20. The standard InChI is InChI=1S/C17H18N6O3S2/c1-11-5-3-4-6-15(11)23-17(20-21-22-23)27-12(2)16(24)19-13-7-9-14(10-8-13)28(18,25)26/h3-10,12H,1-2H3,(H,19,24)(H2,18,25,26). The van der Waals surface area contributed by atoms with Crippen LogP contribution in [0.1, 0.15) is 12.5 Å². The minimum absolute atomic E-state index is 0.0228. The van der Waals surface area contributed by atoms with Gasteiger partial charge in [-0.3, -0.25) is 4.79 Å². The van der Waals surface area contributed by atoms with E-state index in [2.05, 4.69) is 20.8 Å². The smallest absolute Gasteiger partial charge is 0.238 e. The number of amides is 1. The molecule has 1 unspecified atom stereocenters. The molecule has 1 aromatic heterocycles. The number of aromatic nitrogens is 4. The SMILES string of the molecule is Cc1ccccc1-n1nnnc1SC(C)C(=O)Nc1ccc(S(N)(=O)=O)cc1. The van der Waals surface area contributed by atoms with Gasteiger partial charge >= 0.3 is 0 Å². The quantitative estimate of drug-likeness (QED) is 0.583. The lowest BCUT2D eigenvalue weighted by Crippen LogP contribution is -2.23. The Morgan fingerprint density at radius 1 is 1.18 bits per heavy atom. The minimum Gasteiger partial charge on any atom is -0.325 e. The molecule has 28 heavy (non-hydrogen) atoms. The Morgan fingerprint density at radius 3 is 2.50 bits per heavy atom. The summed E-state index contributed by atoms with van der Waals surface area (Å²) in [5, 5.41) is 19.5. The summed E-state index contributed by atoms with van der Waals surface area (Å²) in [6.07, 6.45) is 0. The van der Waals surface area contributed by atoms with Crippen LogP contribution in [0.4, 0.5) is 5.69 Å². The Labute approximate surface area is 166 Å². The fourth-order valence-corrected chi connectivity index (χ4v) is 3.70. The molecule has 146 valence electrons. The number of nitrogens with one attached hydrogen (secondary N) is 1. The predicted molar refractivity (Wildman–Crippen MR) is 106 cm³/mol. The zero-order valence-corrected chi connectivity index (χ0v) is 16.7. The van der Waals surface area contributed by atoms with E-state index in [1.165, 1.54) is 36.0 Å². The first-order chi connectivity index (χ1) is 13.3. The Hall–Kier alpha value is -2.76. The zero-order valence-electron chi connectivity index (χ0n) is 15.1. The molecule has 0 aliphatic rings. The van der Waals surface area contributed by atoms with Crippen LogP contribution in [0, 0.1) is 6.92 Å². The maximum atomic E-state index is 12.5. The predicted octanol–water partition coefficient (Wildman–Crippen LogP) is 1.74. The lowest BCUT2D eigenvalue weighted by atomic mass is 10.2. The number of aryl methyl sites for hydroxylation is 1. The van der Waals surface area contributed by atoms with Gasteiger partial charge in [-0.15, -0.1) is 5.10 Å². The second kappa shape index (κ2) is 8.09. The van der Waals surface area contributed by atoms with Gasteiger partial charge in [-0.05, 0) is 60.2 Å². The molecule has 0 saturated carbocycles. The fourth-order valence-electron chi connectivity index (χ4n) is 2.39. The van der Waals surface area contributed by atoms with Gasteiger partial charge in [0.25, 0.3) is 0 Å². The van der Waals surface area contributed by atoms with Crippen LogP contribution in [-0.4, -0.2) is 39.8 Å². The van der Waals surface area contributed by atoms with Gasteiger partial charge in [0.1, 0.15) is 0 Å². The van der Waals surface area contributed by atoms with Crippen molar-refractivity contribution in [3.8, 4) is 5.69 Å². The third kappa shape index (κ3) is 4.55. The maximum Gasteiger partial charge on any atom is 0.238 e. The number of tetrazole rings is 1. The average molecular weight is 419 g/mol. The molecular formula is C17H18N6O3S2. The normalized spacial score (nSPS) is 12.5. The summed E-state index contributed by atoms with van der Waals surface area (Å²) in [4.78, 5) is 12.5. The molecule has 3 aromatic rings. The molecule has 9 nitrogen and oxygen atoms in total. The Balaban J connectivity index is 1.70. The van der Waals surface area contributed by atoms with Crippen molar-refractivity contribution < 1.29 is 13.2 Å². The highest BCUT2D eigenvalue weighted by Gasteiger charge is 2.20. The second-order valence-electron chi connectivity index (χ2n) is 5.98. The van der Waals surface area contributed by atoms with Gasteiger partial charge in [0.15, 0.2) is 0 Å². The monoisotopic (exact) mass is 418 g/mol. The third-order valence-corrected chi connectivity index (χ3v) is 5.85. The van der Waals surface area contributed by atoms with E-state index in [4.69, 9.17) is 5.14 Å². The second-order valence-corrected chi connectivity index (χ2v) is 8.85. The largest absolute Gasteiger partial charge is 0.325 e. The Morgan fingerprint density at radius 2 is 1.86 bits per heavy atom. The van der Waals surface area contributed by atoms with Crippen LogP contribution < -0.4 is 10.5 Å². The molecule has 0 bridgehead atoms. The summed E-state index contributed by atoms with van der Waals surface area (Å²) in [6, 6.07) is 13.3. The number of primary sulfonamides is 1. The highest BCUT2D eigenvalue weighted by Crippen LogP contribution is 2.25. The number of carbonyl (C=O) groups is 1. The van der Waals surface area contributed by atoms with Crippen molar-refractivity contribution in [1.29, 1.82) is 0 Å². The number of sulfonamides is 1. The van der Waals surface area contributed by atoms with Crippen LogP contribution in [0.2, 0.25) is 0 Å². The molecule has 1 atom stereocenters. The van der Waals surface area contributed by atoms with Crippen LogP contribution in [0.5, 0.6) is 0 Å². The van der Waals surface area contributed by atoms with Crippen molar-refractivity contribution in [3.05, 3.63) is 54.1 Å². The van der Waals surface area contributed by atoms with Crippen LogP contribution in [0.25, 0.3) is 5.69 Å². The van der Waals surface area contributed by atoms with Gasteiger partial charge < -0.3 is 5.32 Å². The van der Waals surface area contributed by atoms with Crippen molar-refractivity contribution in [2.45, 2.75) is 29.1 Å². The summed E-state index contributed by atoms with van der Waals surface area (Å²) in [6.45, 7) is 3.68. The molecule has 0 radical (unpaired) electrons. The van der Waals surface area contributed by atoms with Gasteiger partial charge in [0.05, 0.1) is 15.8 Å². The fraction of sp³-hybridized carbons (Fsp3) is 0.176. The molecule has 1 amide bonds. The van der Waals surface area contributed by atoms with E-state index in [0.29, 0.717) is 10.8 Å². The van der Waals surface area contributed by atoms with Crippen molar-refractivity contribution >= 4 is 33.4 Å². The average Bonchev–Trinajstić information content (AvgIpc) is 3.09. The Kier molecular flexibility index (Phi) is 5.77. The van der Waals surface area contributed by atoms with E-state index >= 15 is 0 Å².